The first-order valence-corrected chi connectivity index (χ1v) is 7.47. The van der Waals surface area contributed by atoms with Crippen LogP contribution in [-0.4, -0.2) is 27.2 Å². The smallest absolute Gasteiger partial charge is 0.327 e. The number of thiol groups is 1. The third-order valence-electron chi connectivity index (χ3n) is 3.01. The van der Waals surface area contributed by atoms with Gasteiger partial charge in [-0.25, -0.2) is 4.79 Å². The first kappa shape index (κ1) is 21.2. The lowest BCUT2D eigenvalue weighted by Gasteiger charge is -2.23. The van der Waals surface area contributed by atoms with Gasteiger partial charge in [-0.2, -0.15) is 0 Å². The lowest BCUT2D eigenvalue weighted by atomic mass is 10.1. The van der Waals surface area contributed by atoms with Gasteiger partial charge in [-0.15, -0.1) is 12.6 Å². The third kappa shape index (κ3) is 6.07. The van der Waals surface area contributed by atoms with Crippen LogP contribution in [0.3, 0.4) is 0 Å². The van der Waals surface area contributed by atoms with Crippen LogP contribution in [0.25, 0.3) is 0 Å². The Morgan fingerprint density at radius 1 is 1.43 bits per heavy atom. The van der Waals surface area contributed by atoms with Crippen LogP contribution in [0, 0.1) is 24.0 Å². The van der Waals surface area contributed by atoms with Crippen molar-refractivity contribution in [2.24, 2.45) is 0 Å². The standard InChI is InChI=1S/C11H13ClN2O4.C3H6OS/c1-6-4-5-9(14(17)18)7(2)10(6)13(12)8(3)11(15)16;1-2-3(4)5/h4-5,8H,1-3H3,(H,15,16);2H2,1H3,(H,4,5)/t8-;/m0./s1. The molecule has 9 heteroatoms. The van der Waals surface area contributed by atoms with Crippen LogP contribution >= 0.6 is 24.4 Å². The van der Waals surface area contributed by atoms with Crippen molar-refractivity contribution >= 4 is 46.9 Å². The normalized spacial score (nSPS) is 11.0. The summed E-state index contributed by atoms with van der Waals surface area (Å²) in [6, 6.07) is 1.94. The lowest BCUT2D eigenvalue weighted by molar-refractivity contribution is -0.385. The van der Waals surface area contributed by atoms with Gasteiger partial charge in [0.05, 0.1) is 16.2 Å². The number of halogens is 1. The molecule has 1 N–H and O–H groups in total. The molecule has 1 aromatic rings. The summed E-state index contributed by atoms with van der Waals surface area (Å²) in [5.74, 6) is -1.10. The number of nitro groups is 1. The van der Waals surface area contributed by atoms with Crippen LogP contribution in [0.1, 0.15) is 31.4 Å². The zero-order valence-electron chi connectivity index (χ0n) is 13.2. The number of aliphatic carboxylic acids is 1. The average Bonchev–Trinajstić information content (AvgIpc) is 2.46. The molecule has 0 spiro atoms. The average molecular weight is 363 g/mol. The zero-order valence-corrected chi connectivity index (χ0v) is 14.9. The maximum absolute atomic E-state index is 10.9. The van der Waals surface area contributed by atoms with Gasteiger partial charge in [0.15, 0.2) is 5.12 Å². The number of anilines is 1. The quantitative estimate of drug-likeness (QED) is 0.360. The fourth-order valence-corrected chi connectivity index (χ4v) is 1.99. The van der Waals surface area contributed by atoms with Gasteiger partial charge in [-0.05, 0) is 26.3 Å². The van der Waals surface area contributed by atoms with Crippen molar-refractivity contribution in [2.45, 2.75) is 40.2 Å². The van der Waals surface area contributed by atoms with E-state index in [1.54, 1.807) is 26.8 Å². The largest absolute Gasteiger partial charge is 0.480 e. The highest BCUT2D eigenvalue weighted by molar-refractivity contribution is 7.96. The monoisotopic (exact) mass is 362 g/mol. The first-order chi connectivity index (χ1) is 10.5. The predicted molar refractivity (Wildman–Crippen MR) is 92.3 cm³/mol. The first-order valence-electron chi connectivity index (χ1n) is 6.68. The van der Waals surface area contributed by atoms with E-state index in [1.807, 2.05) is 0 Å². The summed E-state index contributed by atoms with van der Waals surface area (Å²) in [5, 5.41) is 19.7. The van der Waals surface area contributed by atoms with E-state index in [0.29, 0.717) is 23.2 Å². The third-order valence-corrected chi connectivity index (χ3v) is 3.79. The van der Waals surface area contributed by atoms with E-state index in [2.05, 4.69) is 12.6 Å². The van der Waals surface area contributed by atoms with Crippen molar-refractivity contribution in [3.8, 4) is 0 Å². The van der Waals surface area contributed by atoms with Crippen LogP contribution in [-0.2, 0) is 9.59 Å². The van der Waals surface area contributed by atoms with Crippen LogP contribution in [0.4, 0.5) is 11.4 Å². The van der Waals surface area contributed by atoms with Crippen molar-refractivity contribution in [1.82, 2.24) is 0 Å². The summed E-state index contributed by atoms with van der Waals surface area (Å²) in [6.07, 6.45) is 0.531. The number of carbonyl (C=O) groups excluding carboxylic acids is 1. The van der Waals surface area contributed by atoms with Gasteiger partial charge >= 0.3 is 5.97 Å². The molecule has 0 aliphatic heterocycles. The van der Waals surface area contributed by atoms with Crippen molar-refractivity contribution in [1.29, 1.82) is 0 Å². The number of hydrogen-bond donors (Lipinski definition) is 2. The highest BCUT2D eigenvalue weighted by Gasteiger charge is 2.25. The van der Waals surface area contributed by atoms with Crippen LogP contribution in [0.2, 0.25) is 0 Å². The molecule has 128 valence electrons. The second-order valence-corrected chi connectivity index (χ2v) is 5.57. The Hall–Kier alpha value is -1.80. The predicted octanol–water partition coefficient (Wildman–Crippen LogP) is 3.50. The second-order valence-electron chi connectivity index (χ2n) is 4.71. The molecule has 0 heterocycles. The molecule has 0 unspecified atom stereocenters. The minimum atomic E-state index is -1.10. The van der Waals surface area contributed by atoms with Crippen molar-refractivity contribution in [3.05, 3.63) is 33.4 Å². The summed E-state index contributed by atoms with van der Waals surface area (Å²) in [4.78, 5) is 30.9. The van der Waals surface area contributed by atoms with E-state index in [4.69, 9.17) is 16.9 Å². The van der Waals surface area contributed by atoms with Gasteiger partial charge in [0, 0.05) is 24.3 Å². The number of carbonyl (C=O) groups is 2. The number of aryl methyl sites for hydroxylation is 1. The topological polar surface area (TPSA) is 101 Å². The van der Waals surface area contributed by atoms with E-state index >= 15 is 0 Å². The van der Waals surface area contributed by atoms with E-state index in [9.17, 15) is 19.7 Å². The molecule has 0 bridgehead atoms. The molecule has 1 aromatic carbocycles. The summed E-state index contributed by atoms with van der Waals surface area (Å²) in [6.45, 7) is 6.45. The second kappa shape index (κ2) is 9.36. The van der Waals surface area contributed by atoms with Crippen molar-refractivity contribution in [2.75, 3.05) is 4.42 Å². The minimum absolute atomic E-state index is 0.0509. The van der Waals surface area contributed by atoms with Gasteiger partial charge < -0.3 is 5.11 Å². The highest BCUT2D eigenvalue weighted by atomic mass is 35.5. The van der Waals surface area contributed by atoms with Crippen molar-refractivity contribution < 1.29 is 19.6 Å². The van der Waals surface area contributed by atoms with Gasteiger partial charge in [0.25, 0.3) is 5.69 Å². The summed E-state index contributed by atoms with van der Waals surface area (Å²) < 4.78 is 1.01. The summed E-state index contributed by atoms with van der Waals surface area (Å²) in [5.41, 5.74) is 1.31. The molecule has 0 aromatic heterocycles. The molecule has 0 amide bonds. The fraction of sp³-hybridized carbons (Fsp3) is 0.429. The molecule has 7 nitrogen and oxygen atoms in total. The Labute approximate surface area is 144 Å². The van der Waals surface area contributed by atoms with E-state index in [-0.39, 0.29) is 10.8 Å². The molecular weight excluding hydrogens is 344 g/mol. The summed E-state index contributed by atoms with van der Waals surface area (Å²) in [7, 11) is 0. The molecule has 0 aliphatic carbocycles. The number of rotatable bonds is 5. The Balaban J connectivity index is 0.000000841. The number of nitro benzene ring substituents is 1. The molecular formula is C14H19ClN2O5S. The fourth-order valence-electron chi connectivity index (χ4n) is 1.64. The van der Waals surface area contributed by atoms with E-state index in [0.717, 1.165) is 4.42 Å². The number of hydrogen-bond acceptors (Lipinski definition) is 5. The Kier molecular flexibility index (Phi) is 8.63. The van der Waals surface area contributed by atoms with Gasteiger partial charge in [-0.1, -0.05) is 13.0 Å². The Morgan fingerprint density at radius 2 is 1.91 bits per heavy atom. The number of benzene rings is 1. The van der Waals surface area contributed by atoms with Crippen LogP contribution in [0.15, 0.2) is 12.1 Å². The van der Waals surface area contributed by atoms with Crippen LogP contribution < -0.4 is 4.42 Å². The maximum atomic E-state index is 10.9. The molecule has 0 saturated carbocycles. The molecule has 0 aliphatic rings. The van der Waals surface area contributed by atoms with Gasteiger partial charge in [-0.3, -0.25) is 19.3 Å². The Bertz CT molecular complexity index is 609. The number of nitrogens with zero attached hydrogens (tertiary/aromatic N) is 2. The maximum Gasteiger partial charge on any atom is 0.327 e. The van der Waals surface area contributed by atoms with Gasteiger partial charge in [0.1, 0.15) is 6.04 Å². The molecule has 0 radical (unpaired) electrons. The molecule has 23 heavy (non-hydrogen) atoms. The highest BCUT2D eigenvalue weighted by Crippen LogP contribution is 2.34. The Morgan fingerprint density at radius 3 is 2.26 bits per heavy atom. The molecule has 0 fully saturated rings. The number of carboxylic acid groups (broad SMARTS) is 1. The van der Waals surface area contributed by atoms with Gasteiger partial charge in [0.2, 0.25) is 0 Å². The molecule has 1 atom stereocenters. The minimum Gasteiger partial charge on any atom is -0.480 e. The van der Waals surface area contributed by atoms with Crippen LogP contribution in [0.5, 0.6) is 0 Å². The van der Waals surface area contributed by atoms with Crippen molar-refractivity contribution in [3.63, 3.8) is 0 Å². The summed E-state index contributed by atoms with van der Waals surface area (Å²) >= 11 is 9.43. The SMILES string of the molecule is CCC(=O)S.Cc1ccc([N+](=O)[O-])c(C)c1N(Cl)[C@@H](C)C(=O)O. The lowest BCUT2D eigenvalue weighted by Crippen LogP contribution is -2.32. The number of carboxylic acids is 1. The zero-order chi connectivity index (χ0) is 18.3. The van der Waals surface area contributed by atoms with E-state index in [1.165, 1.54) is 13.0 Å². The van der Waals surface area contributed by atoms with E-state index < -0.39 is 16.9 Å². The molecule has 1 rings (SSSR count). The molecule has 0 saturated heterocycles.